The maximum Gasteiger partial charge on any atom is 0.225 e. The Bertz CT molecular complexity index is 830. The molecule has 2 aromatic rings. The van der Waals surface area contributed by atoms with E-state index < -0.39 is 10.0 Å². The predicted molar refractivity (Wildman–Crippen MR) is 111 cm³/mol. The lowest BCUT2D eigenvalue weighted by Gasteiger charge is -2.32. The molecule has 6 heteroatoms. The van der Waals surface area contributed by atoms with E-state index in [1.807, 2.05) is 67.6 Å². The van der Waals surface area contributed by atoms with Gasteiger partial charge in [0.05, 0.1) is 17.7 Å². The van der Waals surface area contributed by atoms with Gasteiger partial charge in [-0.1, -0.05) is 67.6 Å². The first-order valence-electron chi connectivity index (χ1n) is 9.89. The van der Waals surface area contributed by atoms with Crippen LogP contribution in [-0.2, 0) is 14.8 Å². The second-order valence-corrected chi connectivity index (χ2v) is 9.36. The first kappa shape index (κ1) is 20.6. The lowest BCUT2D eigenvalue weighted by Crippen LogP contribution is -2.46. The van der Waals surface area contributed by atoms with Crippen molar-refractivity contribution in [1.82, 2.24) is 9.62 Å². The third kappa shape index (κ3) is 5.00. The fourth-order valence-electron chi connectivity index (χ4n) is 3.71. The number of nitrogens with one attached hydrogen (secondary N) is 1. The van der Waals surface area contributed by atoms with E-state index in [4.69, 9.17) is 0 Å². The molecule has 5 nitrogen and oxygen atoms in total. The van der Waals surface area contributed by atoms with Crippen LogP contribution in [0.5, 0.6) is 0 Å². The number of piperidine rings is 1. The highest BCUT2D eigenvalue weighted by atomic mass is 32.2. The number of hydrogen-bond acceptors (Lipinski definition) is 3. The number of nitrogens with zero attached hydrogens (tertiary/aromatic N) is 1. The predicted octanol–water partition coefficient (Wildman–Crippen LogP) is 3.34. The van der Waals surface area contributed by atoms with Crippen molar-refractivity contribution in [2.45, 2.75) is 32.2 Å². The summed E-state index contributed by atoms with van der Waals surface area (Å²) in [5.41, 5.74) is 2.02. The van der Waals surface area contributed by atoms with Gasteiger partial charge in [-0.05, 0) is 30.4 Å². The Labute approximate surface area is 167 Å². The van der Waals surface area contributed by atoms with Gasteiger partial charge in [-0.3, -0.25) is 4.79 Å². The standard InChI is InChI=1S/C22H28N2O3S/c1-2-16-28(26,27)24-15-9-14-20(17-24)22(25)23-21(18-10-5-3-6-11-18)19-12-7-4-8-13-19/h3-8,10-13,20-21H,2,9,14-17H2,1H3,(H,23,25). The summed E-state index contributed by atoms with van der Waals surface area (Å²) in [7, 11) is -3.28. The van der Waals surface area contributed by atoms with Crippen molar-refractivity contribution in [1.29, 1.82) is 0 Å². The van der Waals surface area contributed by atoms with Gasteiger partial charge in [-0.15, -0.1) is 0 Å². The largest absolute Gasteiger partial charge is 0.345 e. The molecule has 1 unspecified atom stereocenters. The third-order valence-electron chi connectivity index (χ3n) is 5.16. The molecule has 0 spiro atoms. The van der Waals surface area contributed by atoms with E-state index in [0.29, 0.717) is 25.8 Å². The monoisotopic (exact) mass is 400 g/mol. The summed E-state index contributed by atoms with van der Waals surface area (Å²) < 4.78 is 26.3. The molecule has 1 amide bonds. The van der Waals surface area contributed by atoms with Gasteiger partial charge in [0.2, 0.25) is 15.9 Å². The zero-order chi connectivity index (χ0) is 20.0. The van der Waals surface area contributed by atoms with Crippen molar-refractivity contribution in [3.8, 4) is 0 Å². The van der Waals surface area contributed by atoms with Crippen LogP contribution in [-0.4, -0.2) is 37.5 Å². The molecule has 1 fully saturated rings. The Morgan fingerprint density at radius 2 is 1.64 bits per heavy atom. The van der Waals surface area contributed by atoms with E-state index in [-0.39, 0.29) is 30.2 Å². The third-order valence-corrected chi connectivity index (χ3v) is 7.21. The Hall–Kier alpha value is -2.18. The summed E-state index contributed by atoms with van der Waals surface area (Å²) in [6.45, 7) is 2.63. The summed E-state index contributed by atoms with van der Waals surface area (Å²) in [4.78, 5) is 13.1. The summed E-state index contributed by atoms with van der Waals surface area (Å²) in [5.74, 6) is -0.276. The number of carbonyl (C=O) groups is 1. The van der Waals surface area contributed by atoms with Crippen molar-refractivity contribution < 1.29 is 13.2 Å². The number of rotatable bonds is 7. The van der Waals surface area contributed by atoms with Gasteiger partial charge >= 0.3 is 0 Å². The molecule has 3 rings (SSSR count). The molecule has 1 N–H and O–H groups in total. The molecule has 0 aromatic heterocycles. The van der Waals surface area contributed by atoms with Crippen LogP contribution in [0.15, 0.2) is 60.7 Å². The molecule has 0 aliphatic carbocycles. The van der Waals surface area contributed by atoms with Crippen LogP contribution in [0.2, 0.25) is 0 Å². The van der Waals surface area contributed by atoms with Crippen LogP contribution in [0.1, 0.15) is 43.4 Å². The maximum absolute atomic E-state index is 13.1. The smallest absolute Gasteiger partial charge is 0.225 e. The van der Waals surface area contributed by atoms with Gasteiger partial charge in [-0.25, -0.2) is 12.7 Å². The SMILES string of the molecule is CCCS(=O)(=O)N1CCCC(C(=O)NC(c2ccccc2)c2ccccc2)C1. The molecule has 0 saturated carbocycles. The first-order chi connectivity index (χ1) is 13.5. The number of carbonyl (C=O) groups excluding carboxylic acids is 1. The minimum Gasteiger partial charge on any atom is -0.345 e. The van der Waals surface area contributed by atoms with Crippen molar-refractivity contribution in [3.05, 3.63) is 71.8 Å². The van der Waals surface area contributed by atoms with E-state index in [1.165, 1.54) is 4.31 Å². The van der Waals surface area contributed by atoms with Crippen LogP contribution < -0.4 is 5.32 Å². The number of sulfonamides is 1. The number of amides is 1. The summed E-state index contributed by atoms with van der Waals surface area (Å²) in [6, 6.07) is 19.5. The average molecular weight is 401 g/mol. The molecular formula is C22H28N2O3S. The fourth-order valence-corrected chi connectivity index (χ4v) is 5.29. The van der Waals surface area contributed by atoms with E-state index in [9.17, 15) is 13.2 Å². The normalized spacial score (nSPS) is 18.1. The summed E-state index contributed by atoms with van der Waals surface area (Å²) >= 11 is 0. The van der Waals surface area contributed by atoms with E-state index in [0.717, 1.165) is 11.1 Å². The zero-order valence-electron chi connectivity index (χ0n) is 16.3. The highest BCUT2D eigenvalue weighted by Crippen LogP contribution is 2.25. The van der Waals surface area contributed by atoms with E-state index >= 15 is 0 Å². The van der Waals surface area contributed by atoms with E-state index in [2.05, 4.69) is 5.32 Å². The van der Waals surface area contributed by atoms with Crippen LogP contribution in [0, 0.1) is 5.92 Å². The molecule has 150 valence electrons. The van der Waals surface area contributed by atoms with Crippen LogP contribution in [0.25, 0.3) is 0 Å². The van der Waals surface area contributed by atoms with E-state index in [1.54, 1.807) is 0 Å². The average Bonchev–Trinajstić information content (AvgIpc) is 2.73. The van der Waals surface area contributed by atoms with Gasteiger partial charge in [0, 0.05) is 13.1 Å². The first-order valence-corrected chi connectivity index (χ1v) is 11.5. The van der Waals surface area contributed by atoms with Crippen LogP contribution >= 0.6 is 0 Å². The molecule has 1 aliphatic rings. The molecule has 1 heterocycles. The number of benzene rings is 2. The Balaban J connectivity index is 1.77. The van der Waals surface area contributed by atoms with Gasteiger partial charge in [-0.2, -0.15) is 0 Å². The fraction of sp³-hybridized carbons (Fsp3) is 0.409. The zero-order valence-corrected chi connectivity index (χ0v) is 17.1. The molecule has 1 saturated heterocycles. The molecule has 1 aliphatic heterocycles. The topological polar surface area (TPSA) is 66.5 Å². The molecule has 2 aromatic carbocycles. The van der Waals surface area contributed by atoms with Crippen LogP contribution in [0.4, 0.5) is 0 Å². The van der Waals surface area contributed by atoms with Crippen molar-refractivity contribution in [2.75, 3.05) is 18.8 Å². The molecular weight excluding hydrogens is 372 g/mol. The van der Waals surface area contributed by atoms with Gasteiger partial charge in [0.15, 0.2) is 0 Å². The molecule has 28 heavy (non-hydrogen) atoms. The second-order valence-electron chi connectivity index (χ2n) is 7.28. The highest BCUT2D eigenvalue weighted by Gasteiger charge is 2.32. The second kappa shape index (κ2) is 9.34. The lowest BCUT2D eigenvalue weighted by molar-refractivity contribution is -0.126. The minimum atomic E-state index is -3.28. The van der Waals surface area contributed by atoms with Gasteiger partial charge in [0.1, 0.15) is 0 Å². The Morgan fingerprint density at radius 1 is 1.07 bits per heavy atom. The Morgan fingerprint density at radius 3 is 2.18 bits per heavy atom. The van der Waals surface area contributed by atoms with Crippen molar-refractivity contribution in [2.24, 2.45) is 5.92 Å². The highest BCUT2D eigenvalue weighted by molar-refractivity contribution is 7.89. The van der Waals surface area contributed by atoms with Crippen LogP contribution in [0.3, 0.4) is 0 Å². The van der Waals surface area contributed by atoms with Gasteiger partial charge < -0.3 is 5.32 Å². The Kier molecular flexibility index (Phi) is 6.86. The van der Waals surface area contributed by atoms with Crippen molar-refractivity contribution >= 4 is 15.9 Å². The summed E-state index contributed by atoms with van der Waals surface area (Å²) in [5, 5.41) is 3.16. The number of hydrogen-bond donors (Lipinski definition) is 1. The minimum absolute atomic E-state index is 0.0888. The maximum atomic E-state index is 13.1. The molecule has 0 radical (unpaired) electrons. The quantitative estimate of drug-likeness (QED) is 0.775. The lowest BCUT2D eigenvalue weighted by atomic mass is 9.95. The van der Waals surface area contributed by atoms with Gasteiger partial charge in [0.25, 0.3) is 0 Å². The van der Waals surface area contributed by atoms with Crippen molar-refractivity contribution in [3.63, 3.8) is 0 Å². The summed E-state index contributed by atoms with van der Waals surface area (Å²) in [6.07, 6.45) is 2.00. The molecule has 1 atom stereocenters. The molecule has 0 bridgehead atoms.